The van der Waals surface area contributed by atoms with Crippen LogP contribution in [-0.2, 0) is 16.1 Å². The molecule has 0 aromatic heterocycles. The van der Waals surface area contributed by atoms with Crippen LogP contribution in [0.3, 0.4) is 0 Å². The summed E-state index contributed by atoms with van der Waals surface area (Å²) in [5.74, 6) is -0.179. The normalized spacial score (nSPS) is 16.8. The molecule has 1 aromatic rings. The van der Waals surface area contributed by atoms with Gasteiger partial charge in [0.05, 0.1) is 12.7 Å². The molecule has 0 heterocycles. The smallest absolute Gasteiger partial charge is 0.244 e. The van der Waals surface area contributed by atoms with Crippen LogP contribution in [0.2, 0.25) is 0 Å². The molecule has 0 atom stereocenters. The Kier molecular flexibility index (Phi) is 4.18. The van der Waals surface area contributed by atoms with Crippen molar-refractivity contribution in [3.63, 3.8) is 0 Å². The average Bonchev–Trinajstić information content (AvgIpc) is 2.89. The predicted molar refractivity (Wildman–Crippen MR) is 72.3 cm³/mol. The minimum atomic E-state index is -0.836. The number of hydrogen-bond donors (Lipinski definition) is 1. The molecule has 2 rings (SSSR count). The summed E-state index contributed by atoms with van der Waals surface area (Å²) in [5, 5.41) is 12.1. The van der Waals surface area contributed by atoms with Crippen molar-refractivity contribution in [1.82, 2.24) is 0 Å². The molecule has 4 heteroatoms. The number of methoxy groups -OCH3 is 1. The molecule has 19 heavy (non-hydrogen) atoms. The number of hydrogen-bond acceptors (Lipinski definition) is 3. The maximum atomic E-state index is 12.3. The molecule has 1 saturated carbocycles. The zero-order valence-electron chi connectivity index (χ0n) is 11.1. The molecule has 1 aromatic carbocycles. The highest BCUT2D eigenvalue weighted by Gasteiger charge is 2.41. The lowest BCUT2D eigenvalue weighted by atomic mass is 9.87. The van der Waals surface area contributed by atoms with Crippen LogP contribution in [0.1, 0.15) is 31.2 Å². The van der Waals surface area contributed by atoms with Crippen molar-refractivity contribution in [2.24, 2.45) is 5.41 Å². The quantitative estimate of drug-likeness (QED) is 0.903. The van der Waals surface area contributed by atoms with E-state index < -0.39 is 5.41 Å². The van der Waals surface area contributed by atoms with Crippen LogP contribution < -0.4 is 5.32 Å². The summed E-state index contributed by atoms with van der Waals surface area (Å²) in [7, 11) is 1.63. The first-order valence-corrected chi connectivity index (χ1v) is 6.51. The summed E-state index contributed by atoms with van der Waals surface area (Å²) in [5.41, 5.74) is 0.885. The molecule has 1 amide bonds. The molecule has 1 fully saturated rings. The fraction of sp³-hybridized carbons (Fsp3) is 0.467. The van der Waals surface area contributed by atoms with Crippen LogP contribution in [0.15, 0.2) is 24.3 Å². The third-order valence-corrected chi connectivity index (χ3v) is 3.60. The number of rotatable bonds is 4. The average molecular weight is 258 g/mol. The number of amides is 1. The van der Waals surface area contributed by atoms with E-state index in [1.807, 2.05) is 24.3 Å². The van der Waals surface area contributed by atoms with Gasteiger partial charge in [0, 0.05) is 12.8 Å². The summed E-state index contributed by atoms with van der Waals surface area (Å²) in [4.78, 5) is 12.3. The zero-order chi connectivity index (χ0) is 13.7. The second-order valence-corrected chi connectivity index (χ2v) is 4.99. The fourth-order valence-electron chi connectivity index (χ4n) is 2.52. The van der Waals surface area contributed by atoms with Gasteiger partial charge in [0.1, 0.15) is 5.41 Å². The minimum absolute atomic E-state index is 0.179. The molecule has 4 nitrogen and oxygen atoms in total. The van der Waals surface area contributed by atoms with Crippen LogP contribution >= 0.6 is 0 Å². The van der Waals surface area contributed by atoms with Crippen LogP contribution in [0, 0.1) is 16.7 Å². The van der Waals surface area contributed by atoms with Crippen molar-refractivity contribution in [3.8, 4) is 6.07 Å². The second-order valence-electron chi connectivity index (χ2n) is 4.99. The molecule has 0 aliphatic heterocycles. The van der Waals surface area contributed by atoms with E-state index in [0.717, 1.165) is 24.1 Å². The van der Waals surface area contributed by atoms with Gasteiger partial charge in [-0.15, -0.1) is 0 Å². The van der Waals surface area contributed by atoms with Crippen LogP contribution in [0.4, 0.5) is 5.69 Å². The highest BCUT2D eigenvalue weighted by Crippen LogP contribution is 2.38. The summed E-state index contributed by atoms with van der Waals surface area (Å²) in [6, 6.07) is 9.72. The van der Waals surface area contributed by atoms with E-state index in [2.05, 4.69) is 11.4 Å². The Morgan fingerprint density at radius 2 is 2.21 bits per heavy atom. The first-order valence-electron chi connectivity index (χ1n) is 6.51. The van der Waals surface area contributed by atoms with Crippen LogP contribution in [0.25, 0.3) is 0 Å². The third-order valence-electron chi connectivity index (χ3n) is 3.60. The van der Waals surface area contributed by atoms with Gasteiger partial charge in [-0.1, -0.05) is 25.0 Å². The maximum Gasteiger partial charge on any atom is 0.244 e. The van der Waals surface area contributed by atoms with E-state index >= 15 is 0 Å². The molecule has 0 spiro atoms. The number of nitrogens with one attached hydrogen (secondary N) is 1. The molecule has 1 N–H and O–H groups in total. The Labute approximate surface area is 113 Å². The van der Waals surface area contributed by atoms with Gasteiger partial charge in [0.25, 0.3) is 0 Å². The number of nitriles is 1. The van der Waals surface area contributed by atoms with Crippen molar-refractivity contribution in [1.29, 1.82) is 5.26 Å². The van der Waals surface area contributed by atoms with Gasteiger partial charge in [0.15, 0.2) is 0 Å². The number of benzene rings is 1. The van der Waals surface area contributed by atoms with Crippen molar-refractivity contribution in [2.75, 3.05) is 12.4 Å². The van der Waals surface area contributed by atoms with Gasteiger partial charge in [-0.25, -0.2) is 0 Å². The van der Waals surface area contributed by atoms with Gasteiger partial charge in [-0.3, -0.25) is 4.79 Å². The fourth-order valence-corrected chi connectivity index (χ4v) is 2.52. The molecule has 0 saturated heterocycles. The third kappa shape index (κ3) is 2.94. The van der Waals surface area contributed by atoms with E-state index in [0.29, 0.717) is 19.4 Å². The monoisotopic (exact) mass is 258 g/mol. The number of carbonyl (C=O) groups is 1. The van der Waals surface area contributed by atoms with E-state index in [4.69, 9.17) is 4.74 Å². The molecule has 0 radical (unpaired) electrons. The first kappa shape index (κ1) is 13.6. The van der Waals surface area contributed by atoms with E-state index in [9.17, 15) is 10.1 Å². The molecule has 1 aliphatic rings. The van der Waals surface area contributed by atoms with Crippen LogP contribution in [-0.4, -0.2) is 13.0 Å². The molecule has 1 aliphatic carbocycles. The topological polar surface area (TPSA) is 62.1 Å². The Balaban J connectivity index is 2.10. The Bertz CT molecular complexity index is 499. The molecule has 0 unspecified atom stereocenters. The standard InChI is InChI=1S/C15H18N2O2/c1-19-10-12-5-4-6-13(9-12)17-14(18)15(11-16)7-2-3-8-15/h4-6,9H,2-3,7-8,10H2,1H3,(H,17,18). The number of carbonyl (C=O) groups excluding carboxylic acids is 1. The summed E-state index contributed by atoms with van der Waals surface area (Å²) < 4.78 is 5.06. The first-order chi connectivity index (χ1) is 9.20. The Morgan fingerprint density at radius 1 is 1.47 bits per heavy atom. The number of nitrogens with zero attached hydrogens (tertiary/aromatic N) is 1. The molecular formula is C15H18N2O2. The van der Waals surface area contributed by atoms with Gasteiger partial charge in [0.2, 0.25) is 5.91 Å². The Morgan fingerprint density at radius 3 is 2.84 bits per heavy atom. The SMILES string of the molecule is COCc1cccc(NC(=O)C2(C#N)CCCC2)c1. The van der Waals surface area contributed by atoms with Crippen molar-refractivity contribution in [2.45, 2.75) is 32.3 Å². The molecular weight excluding hydrogens is 240 g/mol. The number of ether oxygens (including phenoxy) is 1. The molecule has 0 bridgehead atoms. The summed E-state index contributed by atoms with van der Waals surface area (Å²) in [6.07, 6.45) is 3.22. The van der Waals surface area contributed by atoms with E-state index in [1.54, 1.807) is 7.11 Å². The van der Waals surface area contributed by atoms with Gasteiger partial charge < -0.3 is 10.1 Å². The highest BCUT2D eigenvalue weighted by atomic mass is 16.5. The lowest BCUT2D eigenvalue weighted by Gasteiger charge is -2.19. The predicted octanol–water partition coefficient (Wildman–Crippen LogP) is 2.86. The highest BCUT2D eigenvalue weighted by molar-refractivity contribution is 5.97. The van der Waals surface area contributed by atoms with Crippen molar-refractivity contribution >= 4 is 11.6 Å². The molecule has 100 valence electrons. The second kappa shape index (κ2) is 5.85. The van der Waals surface area contributed by atoms with Crippen LogP contribution in [0.5, 0.6) is 0 Å². The lowest BCUT2D eigenvalue weighted by molar-refractivity contribution is -0.122. The van der Waals surface area contributed by atoms with Gasteiger partial charge in [-0.05, 0) is 30.5 Å². The summed E-state index contributed by atoms with van der Waals surface area (Å²) >= 11 is 0. The largest absolute Gasteiger partial charge is 0.380 e. The minimum Gasteiger partial charge on any atom is -0.380 e. The van der Waals surface area contributed by atoms with Crippen molar-refractivity contribution < 1.29 is 9.53 Å². The van der Waals surface area contributed by atoms with E-state index in [1.165, 1.54) is 0 Å². The summed E-state index contributed by atoms with van der Waals surface area (Å²) in [6.45, 7) is 0.507. The van der Waals surface area contributed by atoms with E-state index in [-0.39, 0.29) is 5.91 Å². The maximum absolute atomic E-state index is 12.3. The van der Waals surface area contributed by atoms with Gasteiger partial charge in [-0.2, -0.15) is 5.26 Å². The van der Waals surface area contributed by atoms with Gasteiger partial charge >= 0.3 is 0 Å². The lowest BCUT2D eigenvalue weighted by Crippen LogP contribution is -2.32. The zero-order valence-corrected chi connectivity index (χ0v) is 11.1. The Hall–Kier alpha value is -1.86. The number of anilines is 1. The van der Waals surface area contributed by atoms with Crippen molar-refractivity contribution in [3.05, 3.63) is 29.8 Å².